The number of methoxy groups -OCH3 is 1. The van der Waals surface area contributed by atoms with E-state index in [4.69, 9.17) is 10.5 Å². The molecule has 0 amide bonds. The number of anilines is 2. The summed E-state index contributed by atoms with van der Waals surface area (Å²) in [6, 6.07) is 6.85. The normalized spacial score (nSPS) is 21.1. The molecule has 2 fully saturated rings. The van der Waals surface area contributed by atoms with Crippen LogP contribution in [0, 0.1) is 0 Å². The maximum atomic E-state index is 5.91. The van der Waals surface area contributed by atoms with Gasteiger partial charge in [0.2, 0.25) is 0 Å². The molecule has 18 heavy (non-hydrogen) atoms. The van der Waals surface area contributed by atoms with Crippen molar-refractivity contribution in [2.45, 2.75) is 18.9 Å². The number of piperazine rings is 1. The highest BCUT2D eigenvalue weighted by Crippen LogP contribution is 2.30. The summed E-state index contributed by atoms with van der Waals surface area (Å²) >= 11 is 0. The van der Waals surface area contributed by atoms with E-state index >= 15 is 0 Å². The average molecular weight is 247 g/mol. The number of nitrogens with zero attached hydrogens (tertiary/aromatic N) is 2. The molecule has 1 heterocycles. The van der Waals surface area contributed by atoms with Crippen molar-refractivity contribution in [2.24, 2.45) is 0 Å². The number of hydrogen-bond acceptors (Lipinski definition) is 4. The largest absolute Gasteiger partial charge is 0.497 e. The average Bonchev–Trinajstić information content (AvgIpc) is 3.22. The molecule has 0 radical (unpaired) electrons. The molecule has 4 nitrogen and oxygen atoms in total. The summed E-state index contributed by atoms with van der Waals surface area (Å²) < 4.78 is 5.28. The Bertz CT molecular complexity index is 423. The Labute approximate surface area is 108 Å². The number of rotatable bonds is 3. The number of hydrogen-bond donors (Lipinski definition) is 1. The van der Waals surface area contributed by atoms with Crippen LogP contribution in [0.3, 0.4) is 0 Å². The van der Waals surface area contributed by atoms with E-state index in [0.29, 0.717) is 0 Å². The van der Waals surface area contributed by atoms with Gasteiger partial charge in [-0.15, -0.1) is 0 Å². The monoisotopic (exact) mass is 247 g/mol. The van der Waals surface area contributed by atoms with E-state index in [1.165, 1.54) is 31.6 Å². The van der Waals surface area contributed by atoms with Gasteiger partial charge < -0.3 is 15.4 Å². The molecule has 98 valence electrons. The summed E-state index contributed by atoms with van der Waals surface area (Å²) in [5, 5.41) is 0. The Morgan fingerprint density at radius 1 is 1.11 bits per heavy atom. The van der Waals surface area contributed by atoms with Crippen LogP contribution < -0.4 is 15.4 Å². The molecule has 3 rings (SSSR count). The first-order valence-electron chi connectivity index (χ1n) is 6.70. The van der Waals surface area contributed by atoms with Crippen LogP contribution in [0.15, 0.2) is 18.2 Å². The minimum Gasteiger partial charge on any atom is -0.497 e. The van der Waals surface area contributed by atoms with Gasteiger partial charge in [0, 0.05) is 55.7 Å². The third-order valence-corrected chi connectivity index (χ3v) is 3.89. The lowest BCUT2D eigenvalue weighted by atomic mass is 10.2. The summed E-state index contributed by atoms with van der Waals surface area (Å²) in [5.41, 5.74) is 7.86. The van der Waals surface area contributed by atoms with Gasteiger partial charge in [-0.05, 0) is 18.9 Å². The van der Waals surface area contributed by atoms with Crippen LogP contribution in [-0.2, 0) is 0 Å². The SMILES string of the molecule is COc1cc(N)cc(N2CCN(C3CC3)CC2)c1. The van der Waals surface area contributed by atoms with Crippen molar-refractivity contribution in [3.05, 3.63) is 18.2 Å². The molecule has 0 atom stereocenters. The summed E-state index contributed by atoms with van der Waals surface area (Å²) in [6.07, 6.45) is 2.79. The first kappa shape index (κ1) is 11.7. The third kappa shape index (κ3) is 2.38. The molecule has 1 aromatic carbocycles. The minimum absolute atomic E-state index is 0.772. The van der Waals surface area contributed by atoms with Gasteiger partial charge >= 0.3 is 0 Å². The van der Waals surface area contributed by atoms with Crippen LogP contribution in [0.5, 0.6) is 5.75 Å². The van der Waals surface area contributed by atoms with E-state index in [-0.39, 0.29) is 0 Å². The number of ether oxygens (including phenoxy) is 1. The fourth-order valence-electron chi connectivity index (χ4n) is 2.69. The minimum atomic E-state index is 0.772. The van der Waals surface area contributed by atoms with Crippen LogP contribution in [-0.4, -0.2) is 44.2 Å². The summed E-state index contributed by atoms with van der Waals surface area (Å²) in [7, 11) is 1.68. The Kier molecular flexibility index (Phi) is 3.04. The molecule has 1 aliphatic carbocycles. The lowest BCUT2D eigenvalue weighted by molar-refractivity contribution is 0.248. The number of nitrogens with two attached hydrogens (primary N) is 1. The molecule has 1 saturated carbocycles. The zero-order chi connectivity index (χ0) is 12.5. The van der Waals surface area contributed by atoms with Crippen LogP contribution in [0.25, 0.3) is 0 Å². The Morgan fingerprint density at radius 3 is 2.44 bits per heavy atom. The van der Waals surface area contributed by atoms with Gasteiger partial charge in [0.1, 0.15) is 5.75 Å². The van der Waals surface area contributed by atoms with Crippen molar-refractivity contribution < 1.29 is 4.74 Å². The molecule has 0 spiro atoms. The van der Waals surface area contributed by atoms with E-state index in [2.05, 4.69) is 15.9 Å². The molecular formula is C14H21N3O. The lowest BCUT2D eigenvalue weighted by Gasteiger charge is -2.36. The zero-order valence-corrected chi connectivity index (χ0v) is 10.9. The van der Waals surface area contributed by atoms with Gasteiger partial charge in [-0.25, -0.2) is 0 Å². The highest BCUT2D eigenvalue weighted by molar-refractivity contribution is 5.60. The second kappa shape index (κ2) is 4.69. The fraction of sp³-hybridized carbons (Fsp3) is 0.571. The van der Waals surface area contributed by atoms with Crippen molar-refractivity contribution in [1.82, 2.24) is 4.90 Å². The van der Waals surface area contributed by atoms with Gasteiger partial charge in [-0.2, -0.15) is 0 Å². The molecule has 0 aromatic heterocycles. The molecule has 1 saturated heterocycles. The quantitative estimate of drug-likeness (QED) is 0.823. The second-order valence-electron chi connectivity index (χ2n) is 5.22. The smallest absolute Gasteiger partial charge is 0.122 e. The molecule has 1 aliphatic heterocycles. The van der Waals surface area contributed by atoms with Crippen molar-refractivity contribution in [2.75, 3.05) is 43.9 Å². The number of nitrogen functional groups attached to an aromatic ring is 1. The zero-order valence-electron chi connectivity index (χ0n) is 10.9. The Morgan fingerprint density at radius 2 is 1.83 bits per heavy atom. The highest BCUT2D eigenvalue weighted by atomic mass is 16.5. The molecular weight excluding hydrogens is 226 g/mol. The summed E-state index contributed by atoms with van der Waals surface area (Å²) in [6.45, 7) is 4.51. The first-order valence-corrected chi connectivity index (χ1v) is 6.70. The Balaban J connectivity index is 1.69. The van der Waals surface area contributed by atoms with E-state index in [1.807, 2.05) is 12.1 Å². The summed E-state index contributed by atoms with van der Waals surface area (Å²) in [5.74, 6) is 0.842. The fourth-order valence-corrected chi connectivity index (χ4v) is 2.69. The second-order valence-corrected chi connectivity index (χ2v) is 5.22. The predicted octanol–water partition coefficient (Wildman–Crippen LogP) is 1.56. The van der Waals surface area contributed by atoms with Crippen molar-refractivity contribution in [3.63, 3.8) is 0 Å². The maximum Gasteiger partial charge on any atom is 0.122 e. The molecule has 1 aromatic rings. The van der Waals surface area contributed by atoms with Crippen LogP contribution in [0.2, 0.25) is 0 Å². The molecule has 4 heteroatoms. The molecule has 0 unspecified atom stereocenters. The van der Waals surface area contributed by atoms with E-state index in [9.17, 15) is 0 Å². The van der Waals surface area contributed by atoms with Crippen LogP contribution >= 0.6 is 0 Å². The van der Waals surface area contributed by atoms with Crippen molar-refractivity contribution in [1.29, 1.82) is 0 Å². The van der Waals surface area contributed by atoms with Gasteiger partial charge in [-0.1, -0.05) is 0 Å². The van der Waals surface area contributed by atoms with Crippen molar-refractivity contribution >= 4 is 11.4 Å². The maximum absolute atomic E-state index is 5.91. The van der Waals surface area contributed by atoms with Crippen molar-refractivity contribution in [3.8, 4) is 5.75 Å². The lowest BCUT2D eigenvalue weighted by Crippen LogP contribution is -2.47. The third-order valence-electron chi connectivity index (χ3n) is 3.89. The highest BCUT2D eigenvalue weighted by Gasteiger charge is 2.31. The van der Waals surface area contributed by atoms with E-state index < -0.39 is 0 Å². The van der Waals surface area contributed by atoms with Gasteiger partial charge in [0.05, 0.1) is 7.11 Å². The van der Waals surface area contributed by atoms with Gasteiger partial charge in [-0.3, -0.25) is 4.90 Å². The standard InChI is InChI=1S/C14H21N3O/c1-18-14-9-11(15)8-13(10-14)17-6-4-16(5-7-17)12-2-3-12/h8-10,12H,2-7,15H2,1H3. The predicted molar refractivity (Wildman–Crippen MR) is 74.2 cm³/mol. The Hall–Kier alpha value is -1.42. The van der Waals surface area contributed by atoms with E-state index in [0.717, 1.165) is 30.6 Å². The molecule has 0 bridgehead atoms. The molecule has 2 N–H and O–H groups in total. The topological polar surface area (TPSA) is 41.7 Å². The summed E-state index contributed by atoms with van der Waals surface area (Å²) in [4.78, 5) is 5.01. The van der Waals surface area contributed by atoms with Gasteiger partial charge in [0.15, 0.2) is 0 Å². The van der Waals surface area contributed by atoms with Gasteiger partial charge in [0.25, 0.3) is 0 Å². The molecule has 2 aliphatic rings. The first-order chi connectivity index (χ1) is 8.76. The van der Waals surface area contributed by atoms with E-state index in [1.54, 1.807) is 7.11 Å². The van der Waals surface area contributed by atoms with Crippen LogP contribution in [0.4, 0.5) is 11.4 Å². The number of benzene rings is 1. The van der Waals surface area contributed by atoms with Crippen LogP contribution in [0.1, 0.15) is 12.8 Å².